The summed E-state index contributed by atoms with van der Waals surface area (Å²) in [5, 5.41) is 2.92. The van der Waals surface area contributed by atoms with E-state index in [1.807, 2.05) is 43.0 Å². The highest BCUT2D eigenvalue weighted by Gasteiger charge is 2.32. The van der Waals surface area contributed by atoms with E-state index in [2.05, 4.69) is 20.2 Å². The van der Waals surface area contributed by atoms with E-state index in [4.69, 9.17) is 0 Å². The van der Waals surface area contributed by atoms with Gasteiger partial charge in [-0.3, -0.25) is 9.59 Å². The molecule has 2 aliphatic rings. The van der Waals surface area contributed by atoms with Crippen molar-refractivity contribution in [2.75, 3.05) is 31.1 Å². The van der Waals surface area contributed by atoms with Gasteiger partial charge in [-0.1, -0.05) is 18.2 Å². The van der Waals surface area contributed by atoms with Gasteiger partial charge in [-0.2, -0.15) is 0 Å². The van der Waals surface area contributed by atoms with Crippen LogP contribution in [0.4, 0.5) is 5.95 Å². The first-order chi connectivity index (χ1) is 13.0. The minimum atomic E-state index is -0.234. The van der Waals surface area contributed by atoms with Gasteiger partial charge in [0.2, 0.25) is 11.9 Å². The summed E-state index contributed by atoms with van der Waals surface area (Å²) in [7, 11) is 0. The molecule has 1 N–H and O–H groups in total. The molecule has 3 heterocycles. The number of carbonyl (C=O) groups excluding carboxylic acids is 2. The van der Waals surface area contributed by atoms with E-state index in [1.165, 1.54) is 0 Å². The number of amides is 2. The lowest BCUT2D eigenvalue weighted by Crippen LogP contribution is -2.49. The summed E-state index contributed by atoms with van der Waals surface area (Å²) in [4.78, 5) is 37.8. The second-order valence-electron chi connectivity index (χ2n) is 7.14. The quantitative estimate of drug-likeness (QED) is 0.894. The Hall–Kier alpha value is -2.96. The van der Waals surface area contributed by atoms with Gasteiger partial charge in [-0.25, -0.2) is 9.97 Å². The molecule has 0 aliphatic carbocycles. The van der Waals surface area contributed by atoms with Gasteiger partial charge in [-0.05, 0) is 31.5 Å². The van der Waals surface area contributed by atoms with Crippen molar-refractivity contribution in [2.45, 2.75) is 26.3 Å². The van der Waals surface area contributed by atoms with Gasteiger partial charge in [0, 0.05) is 43.1 Å². The maximum Gasteiger partial charge on any atom is 0.252 e. The molecule has 27 heavy (non-hydrogen) atoms. The third-order valence-corrected chi connectivity index (χ3v) is 5.15. The van der Waals surface area contributed by atoms with Crippen molar-refractivity contribution in [3.8, 4) is 0 Å². The minimum absolute atomic E-state index is 0.0676. The standard InChI is InChI=1S/C20H23N5O2/c1-13-11-14(2)22-20(21-13)25-9-7-24(8-10-25)18(26)12-17-15-5-3-4-6-16(15)19(27)23-17/h3-6,11,17H,7-10,12H2,1-2H3,(H,23,27). The Bertz CT molecular complexity index is 869. The maximum absolute atomic E-state index is 12.7. The molecule has 2 amide bonds. The van der Waals surface area contributed by atoms with E-state index in [0.29, 0.717) is 38.2 Å². The fourth-order valence-corrected chi connectivity index (χ4v) is 3.79. The Morgan fingerprint density at radius 1 is 1.11 bits per heavy atom. The van der Waals surface area contributed by atoms with Crippen LogP contribution in [-0.4, -0.2) is 52.9 Å². The van der Waals surface area contributed by atoms with Gasteiger partial charge in [0.15, 0.2) is 0 Å². The first kappa shape index (κ1) is 17.5. The van der Waals surface area contributed by atoms with Crippen molar-refractivity contribution in [1.29, 1.82) is 0 Å². The van der Waals surface area contributed by atoms with Crippen LogP contribution in [0.3, 0.4) is 0 Å². The minimum Gasteiger partial charge on any atom is -0.345 e. The smallest absolute Gasteiger partial charge is 0.252 e. The SMILES string of the molecule is Cc1cc(C)nc(N2CCN(C(=O)CC3NC(=O)c4ccccc43)CC2)n1. The molecule has 0 saturated carbocycles. The number of piperazine rings is 1. The number of nitrogens with zero attached hydrogens (tertiary/aromatic N) is 4. The number of fused-ring (bicyclic) bond motifs is 1. The zero-order valence-electron chi connectivity index (χ0n) is 15.6. The molecule has 1 unspecified atom stereocenters. The predicted molar refractivity (Wildman–Crippen MR) is 102 cm³/mol. The third-order valence-electron chi connectivity index (χ3n) is 5.15. The lowest BCUT2D eigenvalue weighted by atomic mass is 10.0. The molecular formula is C20H23N5O2. The van der Waals surface area contributed by atoms with Crippen molar-refractivity contribution >= 4 is 17.8 Å². The van der Waals surface area contributed by atoms with Crippen molar-refractivity contribution in [1.82, 2.24) is 20.2 Å². The van der Waals surface area contributed by atoms with E-state index in [9.17, 15) is 9.59 Å². The molecule has 0 bridgehead atoms. The lowest BCUT2D eigenvalue weighted by molar-refractivity contribution is -0.132. The van der Waals surface area contributed by atoms with Crippen LogP contribution in [0.1, 0.15) is 39.8 Å². The van der Waals surface area contributed by atoms with Gasteiger partial charge < -0.3 is 15.1 Å². The number of rotatable bonds is 3. The Morgan fingerprint density at radius 2 is 1.78 bits per heavy atom. The van der Waals surface area contributed by atoms with Crippen LogP contribution in [0.25, 0.3) is 0 Å². The normalized spacial score (nSPS) is 19.0. The summed E-state index contributed by atoms with van der Waals surface area (Å²) >= 11 is 0. The summed E-state index contributed by atoms with van der Waals surface area (Å²) in [5.41, 5.74) is 3.49. The second kappa shape index (κ2) is 6.98. The van der Waals surface area contributed by atoms with Crippen LogP contribution < -0.4 is 10.2 Å². The Kier molecular flexibility index (Phi) is 4.51. The average molecular weight is 365 g/mol. The van der Waals surface area contributed by atoms with Gasteiger partial charge in [0.05, 0.1) is 12.5 Å². The molecule has 1 saturated heterocycles. The molecule has 1 fully saturated rings. The van der Waals surface area contributed by atoms with Crippen LogP contribution in [-0.2, 0) is 4.79 Å². The van der Waals surface area contributed by atoms with Crippen LogP contribution in [0.15, 0.2) is 30.3 Å². The fourth-order valence-electron chi connectivity index (χ4n) is 3.79. The van der Waals surface area contributed by atoms with Crippen LogP contribution in [0.5, 0.6) is 0 Å². The number of hydrogen-bond donors (Lipinski definition) is 1. The highest BCUT2D eigenvalue weighted by atomic mass is 16.2. The predicted octanol–water partition coefficient (Wildman–Crippen LogP) is 1.62. The highest BCUT2D eigenvalue weighted by Crippen LogP contribution is 2.28. The first-order valence-electron chi connectivity index (χ1n) is 9.26. The van der Waals surface area contributed by atoms with E-state index in [1.54, 1.807) is 6.07 Å². The second-order valence-corrected chi connectivity index (χ2v) is 7.14. The van der Waals surface area contributed by atoms with Crippen LogP contribution >= 0.6 is 0 Å². The number of nitrogens with one attached hydrogen (secondary N) is 1. The molecule has 7 heteroatoms. The molecule has 140 valence electrons. The summed E-state index contributed by atoms with van der Waals surface area (Å²) in [5.74, 6) is 0.703. The molecule has 1 aromatic heterocycles. The molecule has 1 atom stereocenters. The third kappa shape index (κ3) is 3.49. The maximum atomic E-state index is 12.7. The van der Waals surface area contributed by atoms with E-state index in [-0.39, 0.29) is 17.9 Å². The Labute approximate surface area is 158 Å². The zero-order valence-corrected chi connectivity index (χ0v) is 15.6. The molecule has 2 aromatic rings. The molecule has 4 rings (SSSR count). The molecular weight excluding hydrogens is 342 g/mol. The van der Waals surface area contributed by atoms with E-state index >= 15 is 0 Å². The number of hydrogen-bond acceptors (Lipinski definition) is 5. The largest absolute Gasteiger partial charge is 0.345 e. The number of anilines is 1. The Balaban J connectivity index is 1.37. The molecule has 1 aromatic carbocycles. The van der Waals surface area contributed by atoms with Crippen molar-refractivity contribution in [3.63, 3.8) is 0 Å². The molecule has 7 nitrogen and oxygen atoms in total. The number of aryl methyl sites for hydroxylation is 2. The number of benzene rings is 1. The van der Waals surface area contributed by atoms with Gasteiger partial charge in [0.25, 0.3) is 5.91 Å². The summed E-state index contributed by atoms with van der Waals surface area (Å²) in [6.45, 7) is 6.62. The Morgan fingerprint density at radius 3 is 2.48 bits per heavy atom. The molecule has 0 radical (unpaired) electrons. The zero-order chi connectivity index (χ0) is 19.0. The number of carbonyl (C=O) groups is 2. The van der Waals surface area contributed by atoms with E-state index in [0.717, 1.165) is 22.9 Å². The highest BCUT2D eigenvalue weighted by molar-refractivity contribution is 5.99. The van der Waals surface area contributed by atoms with Crippen molar-refractivity contribution in [3.05, 3.63) is 52.8 Å². The topological polar surface area (TPSA) is 78.4 Å². The summed E-state index contributed by atoms with van der Waals surface area (Å²) in [6.07, 6.45) is 0.294. The summed E-state index contributed by atoms with van der Waals surface area (Å²) < 4.78 is 0. The average Bonchev–Trinajstić information content (AvgIpc) is 2.97. The van der Waals surface area contributed by atoms with Crippen molar-refractivity contribution < 1.29 is 9.59 Å². The van der Waals surface area contributed by atoms with Gasteiger partial charge in [-0.15, -0.1) is 0 Å². The van der Waals surface area contributed by atoms with Crippen molar-refractivity contribution in [2.24, 2.45) is 0 Å². The van der Waals surface area contributed by atoms with Gasteiger partial charge in [0.1, 0.15) is 0 Å². The summed E-state index contributed by atoms with van der Waals surface area (Å²) in [6, 6.07) is 9.19. The fraction of sp³-hybridized carbons (Fsp3) is 0.400. The first-order valence-corrected chi connectivity index (χ1v) is 9.26. The number of aromatic nitrogens is 2. The van der Waals surface area contributed by atoms with Gasteiger partial charge >= 0.3 is 0 Å². The monoisotopic (exact) mass is 365 g/mol. The van der Waals surface area contributed by atoms with E-state index < -0.39 is 0 Å². The lowest BCUT2D eigenvalue weighted by Gasteiger charge is -2.35. The molecule has 0 spiro atoms. The molecule has 2 aliphatic heterocycles. The van der Waals surface area contributed by atoms with Crippen LogP contribution in [0, 0.1) is 13.8 Å². The van der Waals surface area contributed by atoms with Crippen LogP contribution in [0.2, 0.25) is 0 Å².